The van der Waals surface area contributed by atoms with Gasteiger partial charge in [0.05, 0.1) is 17.2 Å². The SMILES string of the molecule is N=C(N)c1c(F)cccc1N1CCC(C(=O)O)CC1. The molecule has 0 aromatic heterocycles. The third-order valence-electron chi connectivity index (χ3n) is 3.45. The number of amidine groups is 1. The second-order valence-electron chi connectivity index (χ2n) is 4.65. The molecule has 0 radical (unpaired) electrons. The molecule has 1 aliphatic heterocycles. The largest absolute Gasteiger partial charge is 0.481 e. The van der Waals surface area contributed by atoms with E-state index in [1.54, 1.807) is 12.1 Å². The normalized spacial score (nSPS) is 16.4. The molecule has 2 rings (SSSR count). The summed E-state index contributed by atoms with van der Waals surface area (Å²) in [7, 11) is 0. The lowest BCUT2D eigenvalue weighted by molar-refractivity contribution is -0.142. The molecule has 19 heavy (non-hydrogen) atoms. The van der Waals surface area contributed by atoms with Crippen molar-refractivity contribution in [2.75, 3.05) is 18.0 Å². The van der Waals surface area contributed by atoms with E-state index >= 15 is 0 Å². The van der Waals surface area contributed by atoms with E-state index in [4.69, 9.17) is 16.2 Å². The van der Waals surface area contributed by atoms with Crippen molar-refractivity contribution in [3.63, 3.8) is 0 Å². The van der Waals surface area contributed by atoms with Crippen molar-refractivity contribution in [1.82, 2.24) is 0 Å². The minimum atomic E-state index is -0.786. The van der Waals surface area contributed by atoms with Crippen LogP contribution in [0.2, 0.25) is 0 Å². The lowest BCUT2D eigenvalue weighted by atomic mass is 9.96. The Hall–Kier alpha value is -2.11. The zero-order valence-corrected chi connectivity index (χ0v) is 10.4. The van der Waals surface area contributed by atoms with Gasteiger partial charge >= 0.3 is 5.97 Å². The highest BCUT2D eigenvalue weighted by Gasteiger charge is 2.26. The number of hydrogen-bond acceptors (Lipinski definition) is 3. The molecule has 4 N–H and O–H groups in total. The summed E-state index contributed by atoms with van der Waals surface area (Å²) in [5.41, 5.74) is 6.08. The first-order valence-electron chi connectivity index (χ1n) is 6.11. The van der Waals surface area contributed by atoms with E-state index in [0.29, 0.717) is 31.6 Å². The molecule has 1 heterocycles. The number of hydrogen-bond donors (Lipinski definition) is 3. The highest BCUT2D eigenvalue weighted by molar-refractivity contribution is 6.00. The highest BCUT2D eigenvalue weighted by atomic mass is 19.1. The van der Waals surface area contributed by atoms with Gasteiger partial charge in [0.2, 0.25) is 0 Å². The summed E-state index contributed by atoms with van der Waals surface area (Å²) in [5.74, 6) is -1.96. The van der Waals surface area contributed by atoms with Crippen molar-refractivity contribution in [3.05, 3.63) is 29.6 Å². The van der Waals surface area contributed by atoms with E-state index in [-0.39, 0.29) is 17.3 Å². The van der Waals surface area contributed by atoms with Crippen LogP contribution in [0.15, 0.2) is 18.2 Å². The zero-order chi connectivity index (χ0) is 14.0. The number of nitrogens with zero attached hydrogens (tertiary/aromatic N) is 1. The topological polar surface area (TPSA) is 90.4 Å². The first-order valence-corrected chi connectivity index (χ1v) is 6.11. The summed E-state index contributed by atoms with van der Waals surface area (Å²) < 4.78 is 13.7. The maximum Gasteiger partial charge on any atom is 0.306 e. The van der Waals surface area contributed by atoms with Crippen molar-refractivity contribution >= 4 is 17.5 Å². The van der Waals surface area contributed by atoms with Crippen LogP contribution in [0, 0.1) is 17.1 Å². The van der Waals surface area contributed by atoms with Gasteiger partial charge in [0, 0.05) is 13.1 Å². The summed E-state index contributed by atoms with van der Waals surface area (Å²) in [6.07, 6.45) is 1.03. The molecule has 0 atom stereocenters. The molecule has 6 heteroatoms. The Kier molecular flexibility index (Phi) is 3.69. The fourth-order valence-corrected chi connectivity index (χ4v) is 2.41. The molecule has 0 saturated carbocycles. The third kappa shape index (κ3) is 2.67. The van der Waals surface area contributed by atoms with E-state index in [1.165, 1.54) is 6.07 Å². The van der Waals surface area contributed by atoms with Crippen molar-refractivity contribution in [2.24, 2.45) is 11.7 Å². The van der Waals surface area contributed by atoms with Crippen LogP contribution in [0.4, 0.5) is 10.1 Å². The number of carbonyl (C=O) groups is 1. The zero-order valence-electron chi connectivity index (χ0n) is 10.4. The quantitative estimate of drug-likeness (QED) is 0.569. The van der Waals surface area contributed by atoms with E-state index in [1.807, 2.05) is 4.90 Å². The third-order valence-corrected chi connectivity index (χ3v) is 3.45. The summed E-state index contributed by atoms with van der Waals surface area (Å²) in [4.78, 5) is 12.8. The van der Waals surface area contributed by atoms with Crippen LogP contribution in [0.3, 0.4) is 0 Å². The van der Waals surface area contributed by atoms with Gasteiger partial charge in [0.25, 0.3) is 0 Å². The minimum absolute atomic E-state index is 0.0938. The summed E-state index contributed by atoms with van der Waals surface area (Å²) in [6.45, 7) is 1.06. The molecule has 0 aliphatic carbocycles. The van der Waals surface area contributed by atoms with Crippen LogP contribution >= 0.6 is 0 Å². The Bertz CT molecular complexity index is 511. The van der Waals surface area contributed by atoms with Crippen LogP contribution in [0.1, 0.15) is 18.4 Å². The molecule has 1 aromatic carbocycles. The number of rotatable bonds is 3. The van der Waals surface area contributed by atoms with E-state index < -0.39 is 11.8 Å². The van der Waals surface area contributed by atoms with Crippen LogP contribution in [0.5, 0.6) is 0 Å². The Labute approximate surface area is 110 Å². The standard InChI is InChI=1S/C13H16FN3O2/c14-9-2-1-3-10(11(9)12(15)16)17-6-4-8(5-7-17)13(18)19/h1-3,8H,4-7H2,(H3,15,16)(H,18,19). The second kappa shape index (κ2) is 5.26. The fourth-order valence-electron chi connectivity index (χ4n) is 2.41. The van der Waals surface area contributed by atoms with Gasteiger partial charge in [-0.05, 0) is 25.0 Å². The van der Waals surface area contributed by atoms with E-state index in [9.17, 15) is 9.18 Å². The number of benzene rings is 1. The molecule has 0 unspecified atom stereocenters. The number of carboxylic acids is 1. The first-order chi connectivity index (χ1) is 9.00. The van der Waals surface area contributed by atoms with Gasteiger partial charge in [-0.25, -0.2) is 4.39 Å². The maximum atomic E-state index is 13.7. The molecular weight excluding hydrogens is 249 g/mol. The number of carboxylic acid groups (broad SMARTS) is 1. The Morgan fingerprint density at radius 1 is 1.42 bits per heavy atom. The first kappa shape index (κ1) is 13.3. The maximum absolute atomic E-state index is 13.7. The molecule has 5 nitrogen and oxygen atoms in total. The van der Waals surface area contributed by atoms with Gasteiger partial charge < -0.3 is 15.7 Å². The number of nitrogen functional groups attached to an aromatic ring is 1. The molecular formula is C13H16FN3O2. The number of nitrogens with one attached hydrogen (secondary N) is 1. The number of piperidine rings is 1. The summed E-state index contributed by atoms with van der Waals surface area (Å²) >= 11 is 0. The molecule has 102 valence electrons. The van der Waals surface area contributed by atoms with Crippen LogP contribution in [-0.4, -0.2) is 30.0 Å². The van der Waals surface area contributed by atoms with E-state index in [2.05, 4.69) is 0 Å². The van der Waals surface area contributed by atoms with Crippen molar-refractivity contribution in [3.8, 4) is 0 Å². The van der Waals surface area contributed by atoms with Gasteiger partial charge in [-0.15, -0.1) is 0 Å². The molecule has 0 bridgehead atoms. The second-order valence-corrected chi connectivity index (χ2v) is 4.65. The fraction of sp³-hybridized carbons (Fsp3) is 0.385. The highest BCUT2D eigenvalue weighted by Crippen LogP contribution is 2.27. The summed E-state index contributed by atoms with van der Waals surface area (Å²) in [6, 6.07) is 4.55. The average Bonchev–Trinajstić information content (AvgIpc) is 2.38. The predicted molar refractivity (Wildman–Crippen MR) is 70.0 cm³/mol. The minimum Gasteiger partial charge on any atom is -0.481 e. The van der Waals surface area contributed by atoms with Gasteiger partial charge in [0.15, 0.2) is 0 Å². The number of aliphatic carboxylic acids is 1. The number of halogens is 1. The molecule has 0 spiro atoms. The average molecular weight is 265 g/mol. The number of anilines is 1. The van der Waals surface area contributed by atoms with Crippen LogP contribution in [0.25, 0.3) is 0 Å². The lowest BCUT2D eigenvalue weighted by Gasteiger charge is -2.33. The number of nitrogens with two attached hydrogens (primary N) is 1. The monoisotopic (exact) mass is 265 g/mol. The van der Waals surface area contributed by atoms with Gasteiger partial charge in [0.1, 0.15) is 11.7 Å². The van der Waals surface area contributed by atoms with E-state index in [0.717, 1.165) is 0 Å². The van der Waals surface area contributed by atoms with Gasteiger partial charge in [-0.2, -0.15) is 0 Å². The molecule has 0 amide bonds. The van der Waals surface area contributed by atoms with Crippen LogP contribution < -0.4 is 10.6 Å². The van der Waals surface area contributed by atoms with Gasteiger partial charge in [-0.3, -0.25) is 10.2 Å². The summed E-state index contributed by atoms with van der Waals surface area (Å²) in [5, 5.41) is 16.4. The molecule has 1 aliphatic rings. The molecule has 1 fully saturated rings. The Morgan fingerprint density at radius 2 is 2.05 bits per heavy atom. The molecule has 1 saturated heterocycles. The van der Waals surface area contributed by atoms with Crippen molar-refractivity contribution in [1.29, 1.82) is 5.41 Å². The molecule has 1 aromatic rings. The Morgan fingerprint density at radius 3 is 2.58 bits per heavy atom. The Balaban J connectivity index is 2.22. The predicted octanol–water partition coefficient (Wildman–Crippen LogP) is 1.41. The lowest BCUT2D eigenvalue weighted by Crippen LogP contribution is -2.37. The smallest absolute Gasteiger partial charge is 0.306 e. The van der Waals surface area contributed by atoms with Gasteiger partial charge in [-0.1, -0.05) is 6.07 Å². The van der Waals surface area contributed by atoms with Crippen molar-refractivity contribution in [2.45, 2.75) is 12.8 Å². The van der Waals surface area contributed by atoms with Crippen molar-refractivity contribution < 1.29 is 14.3 Å². The van der Waals surface area contributed by atoms with Crippen LogP contribution in [-0.2, 0) is 4.79 Å².